The Morgan fingerprint density at radius 1 is 1.20 bits per heavy atom. The van der Waals surface area contributed by atoms with Crippen LogP contribution in [0.3, 0.4) is 0 Å². The second-order valence-electron chi connectivity index (χ2n) is 3.60. The van der Waals surface area contributed by atoms with Crippen molar-refractivity contribution >= 4 is 10.1 Å². The van der Waals surface area contributed by atoms with Crippen molar-refractivity contribution in [2.24, 2.45) is 0 Å². The minimum Gasteiger partial charge on any atom is -0.707 e. The fourth-order valence-electron chi connectivity index (χ4n) is 0.653. The number of likely N-dealkylation sites (N-methyl/N-ethyl adjacent to an activating group) is 1. The Hall–Kier alpha value is -0.250. The summed E-state index contributed by atoms with van der Waals surface area (Å²) in [4.78, 5) is 0. The van der Waals surface area contributed by atoms with Gasteiger partial charge < -0.3 is 24.3 Å². The van der Waals surface area contributed by atoms with Crippen LogP contribution in [0.5, 0.6) is 0 Å². The van der Waals surface area contributed by atoms with Crippen LogP contribution in [-0.4, -0.2) is 69.8 Å². The van der Waals surface area contributed by atoms with E-state index in [1.807, 2.05) is 14.1 Å². The molecule has 0 bridgehead atoms. The number of aliphatic hydroxyl groups excluding tert-OH is 2. The lowest BCUT2D eigenvalue weighted by Gasteiger charge is -2.27. The molecule has 0 aliphatic heterocycles. The first-order valence-electron chi connectivity index (χ1n) is 4.23. The molecule has 8 heteroatoms. The van der Waals surface area contributed by atoms with Crippen molar-refractivity contribution in [2.45, 2.75) is 0 Å². The van der Waals surface area contributed by atoms with Crippen LogP contribution in [0.1, 0.15) is 0 Å². The summed E-state index contributed by atoms with van der Waals surface area (Å²) in [5.74, 6) is 0. The second-order valence-corrected chi connectivity index (χ2v) is 5.15. The molecule has 0 radical (unpaired) electrons. The van der Waals surface area contributed by atoms with E-state index in [0.29, 0.717) is 23.8 Å². The van der Waals surface area contributed by atoms with Crippen LogP contribution in [0.25, 0.3) is 0 Å². The Morgan fingerprint density at radius 3 is 1.60 bits per heavy atom. The van der Waals surface area contributed by atoms with E-state index in [4.69, 9.17) is 15.5 Å². The topological polar surface area (TPSA) is 107 Å². The molecule has 94 valence electrons. The van der Waals surface area contributed by atoms with Crippen molar-refractivity contribution in [1.82, 2.24) is 0 Å². The molecule has 0 heterocycles. The number of aliphatic hydroxyl groups is 2. The van der Waals surface area contributed by atoms with Gasteiger partial charge in [0.15, 0.2) is 0 Å². The molecule has 7 nitrogen and oxygen atoms in total. The van der Waals surface area contributed by atoms with E-state index < -0.39 is 10.1 Å². The third kappa shape index (κ3) is 16.4. The third-order valence-corrected chi connectivity index (χ3v) is 1.78. The van der Waals surface area contributed by atoms with Crippen molar-refractivity contribution in [3.63, 3.8) is 0 Å². The van der Waals surface area contributed by atoms with Crippen molar-refractivity contribution in [3.05, 3.63) is 0 Å². The zero-order valence-corrected chi connectivity index (χ0v) is 10.0. The van der Waals surface area contributed by atoms with Gasteiger partial charge in [0.05, 0.1) is 33.6 Å². The van der Waals surface area contributed by atoms with Gasteiger partial charge in [-0.05, 0) is 0 Å². The fourth-order valence-corrected chi connectivity index (χ4v) is 0.653. The van der Waals surface area contributed by atoms with Gasteiger partial charge in [-0.3, -0.25) is 0 Å². The summed E-state index contributed by atoms with van der Waals surface area (Å²) in [6, 6.07) is 0. The van der Waals surface area contributed by atoms with E-state index in [1.54, 1.807) is 0 Å². The molecule has 0 aromatic carbocycles. The van der Waals surface area contributed by atoms with E-state index in [1.165, 1.54) is 0 Å². The molecular formula is C7H19NO6S. The summed E-state index contributed by atoms with van der Waals surface area (Å²) in [6.45, 7) is 1.79. The Balaban J connectivity index is 0. The SMILES string of the molecule is CS(=O)(=O)O[O-].C[N+](C)(CCO)CCO. The lowest BCUT2D eigenvalue weighted by Crippen LogP contribution is -2.43. The zero-order valence-electron chi connectivity index (χ0n) is 9.21. The third-order valence-electron chi connectivity index (χ3n) is 1.53. The van der Waals surface area contributed by atoms with E-state index >= 15 is 0 Å². The van der Waals surface area contributed by atoms with Gasteiger partial charge in [-0.25, -0.2) is 8.42 Å². The van der Waals surface area contributed by atoms with E-state index in [0.717, 1.165) is 0 Å². The average molecular weight is 245 g/mol. The first kappa shape index (κ1) is 17.2. The van der Waals surface area contributed by atoms with Gasteiger partial charge in [-0.2, -0.15) is 0 Å². The van der Waals surface area contributed by atoms with Gasteiger partial charge in [0.1, 0.15) is 13.1 Å². The van der Waals surface area contributed by atoms with Crippen molar-refractivity contribution in [2.75, 3.05) is 46.7 Å². The Kier molecular flexibility index (Phi) is 9.11. The van der Waals surface area contributed by atoms with E-state index in [-0.39, 0.29) is 13.2 Å². The normalized spacial score (nSPS) is 11.9. The predicted octanol–water partition coefficient (Wildman–Crippen LogP) is -2.71. The Bertz CT molecular complexity index is 230. The van der Waals surface area contributed by atoms with Crippen LogP contribution in [0.2, 0.25) is 0 Å². The molecule has 0 atom stereocenters. The van der Waals surface area contributed by atoms with Gasteiger partial charge in [0.2, 0.25) is 0 Å². The Morgan fingerprint density at radius 2 is 1.47 bits per heavy atom. The number of hydrogen-bond acceptors (Lipinski definition) is 6. The zero-order chi connectivity index (χ0) is 12.5. The smallest absolute Gasteiger partial charge is 0.255 e. The summed E-state index contributed by atoms with van der Waals surface area (Å²) < 4.78 is 22.3. The van der Waals surface area contributed by atoms with Crippen LogP contribution in [0.15, 0.2) is 0 Å². The summed E-state index contributed by atoms with van der Waals surface area (Å²) in [7, 11) is 0.240. The van der Waals surface area contributed by atoms with Crippen molar-refractivity contribution in [1.29, 1.82) is 0 Å². The van der Waals surface area contributed by atoms with Crippen LogP contribution in [-0.2, 0) is 14.5 Å². The van der Waals surface area contributed by atoms with E-state index in [9.17, 15) is 8.42 Å². The lowest BCUT2D eigenvalue weighted by molar-refractivity contribution is -0.890. The highest BCUT2D eigenvalue weighted by Crippen LogP contribution is 1.92. The van der Waals surface area contributed by atoms with Crippen LogP contribution in [0.4, 0.5) is 0 Å². The number of rotatable bonds is 5. The second kappa shape index (κ2) is 7.97. The molecule has 15 heavy (non-hydrogen) atoms. The van der Waals surface area contributed by atoms with Gasteiger partial charge in [0, 0.05) is 0 Å². The lowest BCUT2D eigenvalue weighted by atomic mass is 10.4. The molecular weight excluding hydrogens is 226 g/mol. The average Bonchev–Trinajstić information content (AvgIpc) is 2.03. The number of quaternary nitrogens is 1. The molecule has 0 aromatic heterocycles. The highest BCUT2D eigenvalue weighted by Gasteiger charge is 2.11. The molecule has 0 saturated heterocycles. The molecule has 0 spiro atoms. The molecule has 0 rings (SSSR count). The molecule has 0 aromatic rings. The van der Waals surface area contributed by atoms with Crippen LogP contribution < -0.4 is 5.26 Å². The summed E-state index contributed by atoms with van der Waals surface area (Å²) in [6.07, 6.45) is 0.681. The fraction of sp³-hybridized carbons (Fsp3) is 1.00. The highest BCUT2D eigenvalue weighted by atomic mass is 32.2. The van der Waals surface area contributed by atoms with Gasteiger partial charge in [-0.1, -0.05) is 0 Å². The molecule has 0 unspecified atom stereocenters. The highest BCUT2D eigenvalue weighted by molar-refractivity contribution is 7.85. The largest absolute Gasteiger partial charge is 0.707 e. The first-order valence-corrected chi connectivity index (χ1v) is 6.05. The molecule has 0 amide bonds. The monoisotopic (exact) mass is 245 g/mol. The summed E-state index contributed by atoms with van der Waals surface area (Å²) in [5.41, 5.74) is 0. The summed E-state index contributed by atoms with van der Waals surface area (Å²) in [5, 5.41) is 25.9. The first-order chi connectivity index (χ1) is 6.68. The van der Waals surface area contributed by atoms with Gasteiger partial charge >= 0.3 is 0 Å². The van der Waals surface area contributed by atoms with Crippen LogP contribution >= 0.6 is 0 Å². The molecule has 0 saturated carbocycles. The van der Waals surface area contributed by atoms with Crippen LogP contribution in [0, 0.1) is 0 Å². The maximum absolute atomic E-state index is 9.47. The van der Waals surface area contributed by atoms with Crippen molar-refractivity contribution < 1.29 is 32.7 Å². The number of hydrogen-bond donors (Lipinski definition) is 2. The van der Waals surface area contributed by atoms with Crippen molar-refractivity contribution in [3.8, 4) is 0 Å². The molecule has 0 fully saturated rings. The molecule has 0 aliphatic rings. The van der Waals surface area contributed by atoms with E-state index in [2.05, 4.69) is 4.33 Å². The maximum Gasteiger partial charge on any atom is 0.255 e. The quantitative estimate of drug-likeness (QED) is 0.310. The minimum absolute atomic E-state index is 0.188. The predicted molar refractivity (Wildman–Crippen MR) is 51.9 cm³/mol. The number of nitrogens with zero attached hydrogens (tertiary/aromatic N) is 1. The minimum atomic E-state index is -3.72. The maximum atomic E-state index is 9.47. The molecule has 0 aliphatic carbocycles. The summed E-state index contributed by atoms with van der Waals surface area (Å²) >= 11 is 0. The Labute approximate surface area is 90.2 Å². The van der Waals surface area contributed by atoms with Gasteiger partial charge in [0.25, 0.3) is 10.1 Å². The molecule has 2 N–H and O–H groups in total. The standard InChI is InChI=1S/C6H16NO2.CH4O4S/c1-7(2,3-5-8)4-6-9;1-6(3,4)5-2/h8-9H,3-6H2,1-2H3;2H,1H3/q+1;/p-1. The van der Waals surface area contributed by atoms with Gasteiger partial charge in [-0.15, -0.1) is 0 Å².